The number of rotatable bonds is 9. The predicted octanol–water partition coefficient (Wildman–Crippen LogP) is 5.36. The van der Waals surface area contributed by atoms with Gasteiger partial charge in [-0.3, -0.25) is 9.48 Å². The number of aromatic carboxylic acids is 1. The number of amides is 1. The summed E-state index contributed by atoms with van der Waals surface area (Å²) in [6, 6.07) is 3.21. The molecule has 1 amide bonds. The molecule has 1 aromatic carbocycles. The van der Waals surface area contributed by atoms with Gasteiger partial charge in [-0.1, -0.05) is 29.3 Å². The second-order valence-electron chi connectivity index (χ2n) is 7.28. The quantitative estimate of drug-likeness (QED) is 0.356. The van der Waals surface area contributed by atoms with E-state index < -0.39 is 35.2 Å². The highest BCUT2D eigenvalue weighted by Gasteiger charge is 2.28. The average Bonchev–Trinajstić information content (AvgIpc) is 3.06. The van der Waals surface area contributed by atoms with E-state index in [0.29, 0.717) is 10.6 Å². The van der Waals surface area contributed by atoms with E-state index in [0.717, 1.165) is 10.7 Å². The number of carbonyl (C=O) groups excluding carboxylic acids is 1. The van der Waals surface area contributed by atoms with Gasteiger partial charge in [-0.2, -0.15) is 5.10 Å². The zero-order chi connectivity index (χ0) is 24.9. The summed E-state index contributed by atoms with van der Waals surface area (Å²) in [6.07, 6.45) is 0.343. The lowest BCUT2D eigenvalue weighted by atomic mass is 10.0. The molecule has 0 aliphatic carbocycles. The lowest BCUT2D eigenvalue weighted by Crippen LogP contribution is -2.25. The molecule has 33 heavy (non-hydrogen) atoms. The Morgan fingerprint density at radius 1 is 1.30 bits per heavy atom. The summed E-state index contributed by atoms with van der Waals surface area (Å²) in [5.74, 6) is -3.00. The Kier molecular flexibility index (Phi) is 9.13. The first-order valence-electron chi connectivity index (χ1n) is 9.73. The predicted molar refractivity (Wildman–Crippen MR) is 119 cm³/mol. The van der Waals surface area contributed by atoms with Gasteiger partial charge in [0.15, 0.2) is 0 Å². The van der Waals surface area contributed by atoms with Crippen molar-refractivity contribution in [1.82, 2.24) is 15.1 Å². The summed E-state index contributed by atoms with van der Waals surface area (Å²) < 4.78 is 42.4. The molecule has 1 heterocycles. The molecule has 178 valence electrons. The van der Waals surface area contributed by atoms with Gasteiger partial charge in [-0.15, -0.1) is 11.6 Å². The Hall–Kier alpha value is -2.78. The van der Waals surface area contributed by atoms with Crippen LogP contribution in [0.5, 0.6) is 0 Å². The molecule has 1 unspecified atom stereocenters. The highest BCUT2D eigenvalue weighted by molar-refractivity contribution is 6.37. The van der Waals surface area contributed by atoms with Crippen molar-refractivity contribution in [1.29, 1.82) is 0 Å². The van der Waals surface area contributed by atoms with Crippen molar-refractivity contribution in [3.8, 4) is 0 Å². The third-order valence-corrected chi connectivity index (χ3v) is 5.49. The van der Waals surface area contributed by atoms with Crippen molar-refractivity contribution < 1.29 is 27.9 Å². The fraction of sp³-hybridized carbons (Fsp3) is 0.318. The molecule has 0 spiro atoms. The molecule has 11 heteroatoms. The largest absolute Gasteiger partial charge is 0.478 e. The third-order valence-electron chi connectivity index (χ3n) is 4.69. The van der Waals surface area contributed by atoms with Crippen LogP contribution >= 0.6 is 23.2 Å². The van der Waals surface area contributed by atoms with Gasteiger partial charge >= 0.3 is 5.97 Å². The van der Waals surface area contributed by atoms with Gasteiger partial charge in [0.1, 0.15) is 11.5 Å². The van der Waals surface area contributed by atoms with Crippen molar-refractivity contribution in [3.63, 3.8) is 0 Å². The molecular formula is C22H22Cl2F3N3O3. The number of hydrogen-bond donors (Lipinski definition) is 2. The molecule has 0 radical (unpaired) electrons. The molecule has 0 aliphatic heterocycles. The number of carboxylic acid groups (broad SMARTS) is 1. The monoisotopic (exact) mass is 503 g/mol. The summed E-state index contributed by atoms with van der Waals surface area (Å²) in [5, 5.41) is 15.4. The molecular weight excluding hydrogens is 482 g/mol. The number of allylic oxidation sites excluding steroid dienone is 4. The van der Waals surface area contributed by atoms with Gasteiger partial charge in [-0.25, -0.2) is 18.0 Å². The minimum absolute atomic E-state index is 0.00318. The lowest BCUT2D eigenvalue weighted by molar-refractivity contribution is 0.0696. The molecule has 0 bridgehead atoms. The molecule has 2 aromatic rings. The zero-order valence-corrected chi connectivity index (χ0v) is 19.5. The highest BCUT2D eigenvalue weighted by Crippen LogP contribution is 2.27. The third kappa shape index (κ3) is 6.85. The van der Waals surface area contributed by atoms with Crippen molar-refractivity contribution in [2.45, 2.75) is 38.6 Å². The number of aryl methyl sites for hydroxylation is 1. The van der Waals surface area contributed by atoms with Crippen LogP contribution in [-0.2, 0) is 20.0 Å². The fourth-order valence-electron chi connectivity index (χ4n) is 2.98. The van der Waals surface area contributed by atoms with Crippen molar-refractivity contribution in [2.75, 3.05) is 0 Å². The molecule has 1 aromatic heterocycles. The van der Waals surface area contributed by atoms with Crippen LogP contribution in [0, 0.1) is 5.82 Å². The lowest BCUT2D eigenvalue weighted by Gasteiger charge is -2.10. The average molecular weight is 504 g/mol. The van der Waals surface area contributed by atoms with E-state index in [-0.39, 0.29) is 35.3 Å². The maximum Gasteiger partial charge on any atom is 0.335 e. The van der Waals surface area contributed by atoms with Crippen LogP contribution in [0.1, 0.15) is 57.9 Å². The number of nitrogens with zero attached hydrogens (tertiary/aromatic N) is 2. The molecule has 2 rings (SSSR count). The topological polar surface area (TPSA) is 84.2 Å². The Morgan fingerprint density at radius 3 is 2.52 bits per heavy atom. The van der Waals surface area contributed by atoms with Crippen molar-refractivity contribution >= 4 is 35.1 Å². The molecule has 0 saturated heterocycles. The van der Waals surface area contributed by atoms with E-state index in [1.54, 1.807) is 26.0 Å². The molecule has 2 N–H and O–H groups in total. The summed E-state index contributed by atoms with van der Waals surface area (Å²) in [5.41, 5.74) is -0.318. The first-order chi connectivity index (χ1) is 15.4. The summed E-state index contributed by atoms with van der Waals surface area (Å²) in [6.45, 7) is 3.08. The summed E-state index contributed by atoms with van der Waals surface area (Å²) in [7, 11) is 1.30. The SMILES string of the molecule is C/C(=C\C=C(\Cl)C(C)Cl)Cc1nn(C)c(C(F)F)c1C(=O)NCc1ccc(C(=O)O)cc1F. The van der Waals surface area contributed by atoms with Gasteiger partial charge < -0.3 is 10.4 Å². The number of benzene rings is 1. The van der Waals surface area contributed by atoms with Crippen LogP contribution in [0.15, 0.2) is 41.0 Å². The normalized spacial score (nSPS) is 13.4. The first-order valence-corrected chi connectivity index (χ1v) is 10.5. The molecule has 0 fully saturated rings. The Bertz CT molecular complexity index is 1110. The van der Waals surface area contributed by atoms with Gasteiger partial charge in [0, 0.05) is 30.6 Å². The van der Waals surface area contributed by atoms with E-state index >= 15 is 0 Å². The van der Waals surface area contributed by atoms with Crippen LogP contribution in [0.2, 0.25) is 0 Å². The Balaban J connectivity index is 2.30. The van der Waals surface area contributed by atoms with Crippen LogP contribution in [0.3, 0.4) is 0 Å². The van der Waals surface area contributed by atoms with Crippen LogP contribution in [0.4, 0.5) is 13.2 Å². The zero-order valence-electron chi connectivity index (χ0n) is 18.0. The molecule has 1 atom stereocenters. The maximum absolute atomic E-state index is 14.1. The van der Waals surface area contributed by atoms with E-state index in [1.165, 1.54) is 19.2 Å². The number of aromatic nitrogens is 2. The summed E-state index contributed by atoms with van der Waals surface area (Å²) in [4.78, 5) is 23.7. The summed E-state index contributed by atoms with van der Waals surface area (Å²) >= 11 is 11.9. The van der Waals surface area contributed by atoms with Crippen LogP contribution in [-0.4, -0.2) is 32.1 Å². The van der Waals surface area contributed by atoms with E-state index in [9.17, 15) is 22.8 Å². The second kappa shape index (κ2) is 11.4. The number of hydrogen-bond acceptors (Lipinski definition) is 3. The maximum atomic E-state index is 14.1. The molecule has 0 aliphatic rings. The number of halogens is 5. The fourth-order valence-corrected chi connectivity index (χ4v) is 3.12. The number of nitrogens with one attached hydrogen (secondary N) is 1. The van der Waals surface area contributed by atoms with Crippen molar-refractivity contribution in [3.05, 3.63) is 74.9 Å². The molecule has 6 nitrogen and oxygen atoms in total. The van der Waals surface area contributed by atoms with Crippen molar-refractivity contribution in [2.24, 2.45) is 7.05 Å². The van der Waals surface area contributed by atoms with Gasteiger partial charge in [0.25, 0.3) is 12.3 Å². The first kappa shape index (κ1) is 26.5. The highest BCUT2D eigenvalue weighted by atomic mass is 35.5. The smallest absolute Gasteiger partial charge is 0.335 e. The Labute approximate surface area is 198 Å². The van der Waals surface area contributed by atoms with Gasteiger partial charge in [-0.05, 0) is 32.1 Å². The van der Waals surface area contributed by atoms with E-state index in [1.807, 2.05) is 0 Å². The number of alkyl halides is 3. The minimum Gasteiger partial charge on any atom is -0.478 e. The second-order valence-corrected chi connectivity index (χ2v) is 8.37. The number of carbonyl (C=O) groups is 2. The van der Waals surface area contributed by atoms with Gasteiger partial charge in [0.05, 0.1) is 22.2 Å². The number of carboxylic acids is 1. The van der Waals surface area contributed by atoms with Crippen LogP contribution < -0.4 is 5.32 Å². The molecule has 0 saturated carbocycles. The Morgan fingerprint density at radius 2 is 1.97 bits per heavy atom. The standard InChI is InChI=1S/C22H22Cl2F3N3O3/c1-11(4-7-15(24)12(2)23)8-17-18(19(20(26)27)30(3)29-17)21(31)28-10-14-6-5-13(22(32)33)9-16(14)25/h4-7,9,12,20H,8,10H2,1-3H3,(H,28,31)(H,32,33)/b11-4+,15-7+. The minimum atomic E-state index is -2.97. The van der Waals surface area contributed by atoms with Gasteiger partial charge in [0.2, 0.25) is 0 Å². The van der Waals surface area contributed by atoms with E-state index in [4.69, 9.17) is 28.3 Å². The van der Waals surface area contributed by atoms with Crippen LogP contribution in [0.25, 0.3) is 0 Å². The van der Waals surface area contributed by atoms with E-state index in [2.05, 4.69) is 10.4 Å².